The van der Waals surface area contributed by atoms with Crippen LogP contribution in [0.3, 0.4) is 0 Å². The van der Waals surface area contributed by atoms with Crippen LogP contribution in [0.4, 0.5) is 0 Å². The molecule has 0 aliphatic heterocycles. The lowest BCUT2D eigenvalue weighted by atomic mass is 10.1. The Morgan fingerprint density at radius 1 is 1.29 bits per heavy atom. The number of hydrogen-bond donors (Lipinski definition) is 1. The van der Waals surface area contributed by atoms with Crippen LogP contribution in [0.1, 0.15) is 26.7 Å². The minimum Gasteiger partial charge on any atom is -0.274 e. The molecule has 0 aliphatic carbocycles. The monoisotopic (exact) mass is 306 g/mol. The minimum absolute atomic E-state index is 0.0750. The first-order chi connectivity index (χ1) is 9.90. The molecule has 1 N–H and O–H groups in total. The van der Waals surface area contributed by atoms with E-state index in [0.717, 1.165) is 5.39 Å². The van der Waals surface area contributed by atoms with E-state index in [9.17, 15) is 13.2 Å². The van der Waals surface area contributed by atoms with Gasteiger partial charge in [0.05, 0.1) is 4.90 Å². The van der Waals surface area contributed by atoms with Gasteiger partial charge in [-0.15, -0.1) is 0 Å². The van der Waals surface area contributed by atoms with Crippen molar-refractivity contribution in [1.82, 2.24) is 9.71 Å². The highest BCUT2D eigenvalue weighted by molar-refractivity contribution is 7.90. The van der Waals surface area contributed by atoms with Crippen molar-refractivity contribution in [2.75, 3.05) is 0 Å². The number of nitrogens with one attached hydrogen (secondary N) is 1. The zero-order valence-electron chi connectivity index (χ0n) is 12.0. The standard InChI is InChI=1S/C15H18N2O3S/c1-11(2)6-7-15(18)17-21(19,20)14-5-3-4-12-8-9-16-10-13(12)14/h3-5,8-11H,6-7H2,1-2H3,(H,17,18). The Bertz CT molecular complexity index is 749. The molecular weight excluding hydrogens is 288 g/mol. The second-order valence-electron chi connectivity index (χ2n) is 5.31. The molecule has 112 valence electrons. The van der Waals surface area contributed by atoms with Crippen LogP contribution in [-0.2, 0) is 14.8 Å². The highest BCUT2D eigenvalue weighted by atomic mass is 32.2. The number of aromatic nitrogens is 1. The molecule has 1 aromatic heterocycles. The first kappa shape index (κ1) is 15.4. The van der Waals surface area contributed by atoms with Crippen molar-refractivity contribution in [3.8, 4) is 0 Å². The van der Waals surface area contributed by atoms with Gasteiger partial charge in [0.2, 0.25) is 5.91 Å². The number of amides is 1. The molecule has 0 saturated carbocycles. The molecule has 1 aromatic carbocycles. The average molecular weight is 306 g/mol. The number of hydrogen-bond acceptors (Lipinski definition) is 4. The molecule has 0 saturated heterocycles. The summed E-state index contributed by atoms with van der Waals surface area (Å²) in [5, 5.41) is 1.27. The molecule has 0 bridgehead atoms. The SMILES string of the molecule is CC(C)CCC(=O)NS(=O)(=O)c1cccc2ccncc12. The maximum atomic E-state index is 12.3. The predicted octanol–water partition coefficient (Wildman–Crippen LogP) is 2.48. The molecule has 1 heterocycles. The summed E-state index contributed by atoms with van der Waals surface area (Å²) in [7, 11) is -3.87. The van der Waals surface area contributed by atoms with Crippen LogP contribution in [0, 0.1) is 5.92 Å². The Hall–Kier alpha value is -1.95. The molecule has 0 spiro atoms. The van der Waals surface area contributed by atoms with E-state index in [-0.39, 0.29) is 11.3 Å². The second kappa shape index (κ2) is 6.22. The minimum atomic E-state index is -3.87. The summed E-state index contributed by atoms with van der Waals surface area (Å²) >= 11 is 0. The number of pyridine rings is 1. The summed E-state index contributed by atoms with van der Waals surface area (Å²) < 4.78 is 26.8. The molecule has 0 atom stereocenters. The molecule has 0 radical (unpaired) electrons. The number of nitrogens with zero attached hydrogens (tertiary/aromatic N) is 1. The molecule has 1 amide bonds. The second-order valence-corrected chi connectivity index (χ2v) is 6.96. The van der Waals surface area contributed by atoms with Gasteiger partial charge in [0.25, 0.3) is 10.0 Å². The van der Waals surface area contributed by atoms with Crippen molar-refractivity contribution in [3.05, 3.63) is 36.7 Å². The number of benzene rings is 1. The third-order valence-electron chi connectivity index (χ3n) is 3.13. The first-order valence-electron chi connectivity index (χ1n) is 6.78. The van der Waals surface area contributed by atoms with Gasteiger partial charge in [0.15, 0.2) is 0 Å². The van der Waals surface area contributed by atoms with Crippen LogP contribution < -0.4 is 4.72 Å². The summed E-state index contributed by atoms with van der Waals surface area (Å²) in [5.74, 6) is -0.134. The number of rotatable bonds is 5. The van der Waals surface area contributed by atoms with Gasteiger partial charge in [-0.3, -0.25) is 9.78 Å². The topological polar surface area (TPSA) is 76.1 Å². The Morgan fingerprint density at radius 2 is 2.05 bits per heavy atom. The van der Waals surface area contributed by atoms with Gasteiger partial charge < -0.3 is 0 Å². The molecule has 0 aliphatic rings. The van der Waals surface area contributed by atoms with Crippen molar-refractivity contribution in [3.63, 3.8) is 0 Å². The van der Waals surface area contributed by atoms with E-state index in [0.29, 0.717) is 17.7 Å². The van der Waals surface area contributed by atoms with Crippen molar-refractivity contribution in [1.29, 1.82) is 0 Å². The fraction of sp³-hybridized carbons (Fsp3) is 0.333. The van der Waals surface area contributed by atoms with Gasteiger partial charge in [-0.25, -0.2) is 13.1 Å². The van der Waals surface area contributed by atoms with Gasteiger partial charge in [-0.2, -0.15) is 0 Å². The van der Waals surface area contributed by atoms with E-state index in [1.54, 1.807) is 24.4 Å². The fourth-order valence-corrected chi connectivity index (χ4v) is 3.22. The van der Waals surface area contributed by atoms with E-state index in [1.165, 1.54) is 12.3 Å². The van der Waals surface area contributed by atoms with Crippen molar-refractivity contribution >= 4 is 26.7 Å². The van der Waals surface area contributed by atoms with E-state index in [2.05, 4.69) is 9.71 Å². The zero-order valence-corrected chi connectivity index (χ0v) is 12.9. The third-order valence-corrected chi connectivity index (χ3v) is 4.56. The van der Waals surface area contributed by atoms with Crippen LogP contribution in [0.2, 0.25) is 0 Å². The molecular formula is C15H18N2O3S. The molecule has 0 unspecified atom stereocenters. The van der Waals surface area contributed by atoms with Gasteiger partial charge in [-0.1, -0.05) is 26.0 Å². The van der Waals surface area contributed by atoms with Gasteiger partial charge in [0, 0.05) is 24.2 Å². The van der Waals surface area contributed by atoms with Crippen molar-refractivity contribution < 1.29 is 13.2 Å². The molecule has 2 aromatic rings. The molecule has 2 rings (SSSR count). The van der Waals surface area contributed by atoms with E-state index in [1.807, 2.05) is 13.8 Å². The van der Waals surface area contributed by atoms with E-state index < -0.39 is 15.9 Å². The third kappa shape index (κ3) is 3.78. The summed E-state index contributed by atoms with van der Waals surface area (Å²) in [6, 6.07) is 6.66. The largest absolute Gasteiger partial charge is 0.274 e. The lowest BCUT2D eigenvalue weighted by Gasteiger charge is -2.10. The zero-order chi connectivity index (χ0) is 15.5. The van der Waals surface area contributed by atoms with Gasteiger partial charge in [-0.05, 0) is 29.9 Å². The Labute approximate surface area is 124 Å². The highest BCUT2D eigenvalue weighted by Gasteiger charge is 2.20. The quantitative estimate of drug-likeness (QED) is 0.920. The van der Waals surface area contributed by atoms with Crippen LogP contribution in [0.15, 0.2) is 41.6 Å². The van der Waals surface area contributed by atoms with Gasteiger partial charge in [0.1, 0.15) is 0 Å². The average Bonchev–Trinajstić information content (AvgIpc) is 2.44. The number of carbonyl (C=O) groups excluding carboxylic acids is 1. The molecule has 0 fully saturated rings. The molecule has 6 heteroatoms. The summed E-state index contributed by atoms with van der Waals surface area (Å²) in [5.41, 5.74) is 0. The molecule has 21 heavy (non-hydrogen) atoms. The van der Waals surface area contributed by atoms with E-state index >= 15 is 0 Å². The smallest absolute Gasteiger partial charge is 0.264 e. The Balaban J connectivity index is 2.28. The van der Waals surface area contributed by atoms with Crippen molar-refractivity contribution in [2.45, 2.75) is 31.6 Å². The van der Waals surface area contributed by atoms with Crippen molar-refractivity contribution in [2.24, 2.45) is 5.92 Å². The van der Waals surface area contributed by atoms with Crippen LogP contribution >= 0.6 is 0 Å². The van der Waals surface area contributed by atoms with E-state index in [4.69, 9.17) is 0 Å². The number of sulfonamides is 1. The normalized spacial score (nSPS) is 11.8. The number of carbonyl (C=O) groups is 1. The summed E-state index contributed by atoms with van der Waals surface area (Å²) in [4.78, 5) is 15.8. The maximum Gasteiger partial charge on any atom is 0.264 e. The maximum absolute atomic E-state index is 12.3. The summed E-state index contributed by atoms with van der Waals surface area (Å²) in [6.07, 6.45) is 3.93. The lowest BCUT2D eigenvalue weighted by Crippen LogP contribution is -2.30. The summed E-state index contributed by atoms with van der Waals surface area (Å²) in [6.45, 7) is 3.97. The highest BCUT2D eigenvalue weighted by Crippen LogP contribution is 2.21. The van der Waals surface area contributed by atoms with Crippen LogP contribution in [0.5, 0.6) is 0 Å². The number of fused-ring (bicyclic) bond motifs is 1. The van der Waals surface area contributed by atoms with Crippen LogP contribution in [0.25, 0.3) is 10.8 Å². The first-order valence-corrected chi connectivity index (χ1v) is 8.27. The molecule has 5 nitrogen and oxygen atoms in total. The fourth-order valence-electron chi connectivity index (χ4n) is 2.00. The van der Waals surface area contributed by atoms with Crippen LogP contribution in [-0.4, -0.2) is 19.3 Å². The Kier molecular flexibility index (Phi) is 4.57. The predicted molar refractivity (Wildman–Crippen MR) is 81.1 cm³/mol. The van der Waals surface area contributed by atoms with Gasteiger partial charge >= 0.3 is 0 Å². The Morgan fingerprint density at radius 3 is 2.76 bits per heavy atom. The lowest BCUT2D eigenvalue weighted by molar-refractivity contribution is -0.119.